The summed E-state index contributed by atoms with van der Waals surface area (Å²) in [4.78, 5) is 11.0. The fraction of sp³-hybridized carbons (Fsp3) is 0.462. The number of anilines is 1. The quantitative estimate of drug-likeness (QED) is 0.797. The Bertz CT molecular complexity index is 487. The Balaban J connectivity index is 2.13. The van der Waals surface area contributed by atoms with Gasteiger partial charge < -0.3 is 16.8 Å². The number of carbonyl (C=O) groups is 1. The molecule has 0 unspecified atom stereocenters. The summed E-state index contributed by atoms with van der Waals surface area (Å²) in [6.07, 6.45) is 3.74. The highest BCUT2D eigenvalue weighted by atomic mass is 35.5. The van der Waals surface area contributed by atoms with Gasteiger partial charge in [0.2, 0.25) is 0 Å². The van der Waals surface area contributed by atoms with Crippen molar-refractivity contribution < 1.29 is 9.18 Å². The molecule has 0 aromatic heterocycles. The lowest BCUT2D eigenvalue weighted by Crippen LogP contribution is -2.32. The molecule has 1 aliphatic rings. The Morgan fingerprint density at radius 1 is 1.32 bits per heavy atom. The van der Waals surface area contributed by atoms with Crippen molar-refractivity contribution in [2.45, 2.75) is 37.8 Å². The van der Waals surface area contributed by atoms with E-state index in [1.54, 1.807) is 0 Å². The van der Waals surface area contributed by atoms with Gasteiger partial charge >= 0.3 is 0 Å². The first-order valence-electron chi connectivity index (χ1n) is 6.28. The molecule has 1 aromatic rings. The van der Waals surface area contributed by atoms with Gasteiger partial charge in [-0.05, 0) is 37.8 Å². The Morgan fingerprint density at radius 3 is 2.53 bits per heavy atom. The number of carbonyl (C=O) groups excluding carboxylic acids is 1. The van der Waals surface area contributed by atoms with Crippen molar-refractivity contribution >= 4 is 23.2 Å². The zero-order valence-electron chi connectivity index (χ0n) is 10.5. The van der Waals surface area contributed by atoms with Crippen molar-refractivity contribution in [2.24, 2.45) is 11.5 Å². The highest BCUT2D eigenvalue weighted by Gasteiger charge is 2.20. The number of hydrogen-bond acceptors (Lipinski definition) is 3. The third kappa shape index (κ3) is 3.36. The molecule has 0 radical (unpaired) electrons. The van der Waals surface area contributed by atoms with Gasteiger partial charge in [0.25, 0.3) is 5.91 Å². The monoisotopic (exact) mass is 285 g/mol. The molecule has 5 N–H and O–H groups in total. The van der Waals surface area contributed by atoms with E-state index in [-0.39, 0.29) is 17.6 Å². The van der Waals surface area contributed by atoms with Gasteiger partial charge in [-0.3, -0.25) is 4.79 Å². The van der Waals surface area contributed by atoms with E-state index < -0.39 is 11.7 Å². The number of rotatable bonds is 3. The Hall–Kier alpha value is -1.33. The molecule has 1 fully saturated rings. The van der Waals surface area contributed by atoms with Crippen LogP contribution in [-0.2, 0) is 0 Å². The summed E-state index contributed by atoms with van der Waals surface area (Å²) in [5.74, 6) is -1.48. The summed E-state index contributed by atoms with van der Waals surface area (Å²) in [5.41, 5.74) is 11.2. The summed E-state index contributed by atoms with van der Waals surface area (Å²) in [6.45, 7) is 0. The Labute approximate surface area is 116 Å². The maximum atomic E-state index is 13.7. The van der Waals surface area contributed by atoms with E-state index >= 15 is 0 Å². The van der Waals surface area contributed by atoms with Crippen LogP contribution in [0, 0.1) is 5.82 Å². The summed E-state index contributed by atoms with van der Waals surface area (Å²) >= 11 is 6.03. The van der Waals surface area contributed by atoms with Crippen LogP contribution in [0.25, 0.3) is 0 Å². The van der Waals surface area contributed by atoms with Crippen LogP contribution >= 0.6 is 11.6 Å². The molecule has 0 spiro atoms. The fourth-order valence-corrected chi connectivity index (χ4v) is 2.55. The van der Waals surface area contributed by atoms with E-state index in [4.69, 9.17) is 23.1 Å². The minimum absolute atomic E-state index is 0.193. The average Bonchev–Trinajstić information content (AvgIpc) is 2.35. The van der Waals surface area contributed by atoms with Gasteiger partial charge in [0.05, 0.1) is 16.3 Å². The Morgan fingerprint density at radius 2 is 1.95 bits per heavy atom. The molecule has 0 bridgehead atoms. The minimum Gasteiger partial charge on any atom is -0.381 e. The number of nitrogens with one attached hydrogen (secondary N) is 1. The number of hydrogen-bond donors (Lipinski definition) is 3. The topological polar surface area (TPSA) is 81.1 Å². The van der Waals surface area contributed by atoms with Crippen LogP contribution in [0.5, 0.6) is 0 Å². The fourth-order valence-electron chi connectivity index (χ4n) is 2.33. The van der Waals surface area contributed by atoms with E-state index in [1.165, 1.54) is 12.1 Å². The van der Waals surface area contributed by atoms with Gasteiger partial charge in [-0.1, -0.05) is 11.6 Å². The number of benzene rings is 1. The van der Waals surface area contributed by atoms with Gasteiger partial charge in [0, 0.05) is 12.1 Å². The molecule has 0 aliphatic heterocycles. The van der Waals surface area contributed by atoms with Crippen molar-refractivity contribution in [3.8, 4) is 0 Å². The molecule has 19 heavy (non-hydrogen) atoms. The lowest BCUT2D eigenvalue weighted by Gasteiger charge is -2.28. The van der Waals surface area contributed by atoms with Crippen LogP contribution in [0.4, 0.5) is 10.1 Å². The predicted molar refractivity (Wildman–Crippen MR) is 73.8 cm³/mol. The first-order valence-corrected chi connectivity index (χ1v) is 6.66. The molecule has 1 aliphatic carbocycles. The third-order valence-corrected chi connectivity index (χ3v) is 3.77. The van der Waals surface area contributed by atoms with E-state index in [1.807, 2.05) is 0 Å². The van der Waals surface area contributed by atoms with E-state index in [0.29, 0.717) is 10.7 Å². The molecule has 104 valence electrons. The van der Waals surface area contributed by atoms with Crippen molar-refractivity contribution in [1.82, 2.24) is 0 Å². The Kier molecular flexibility index (Phi) is 4.27. The number of amides is 1. The van der Waals surface area contributed by atoms with Crippen molar-refractivity contribution in [3.05, 3.63) is 28.5 Å². The lowest BCUT2D eigenvalue weighted by molar-refractivity contribution is 0.0996. The van der Waals surface area contributed by atoms with E-state index in [0.717, 1.165) is 25.7 Å². The minimum atomic E-state index is -0.824. The largest absolute Gasteiger partial charge is 0.381 e. The van der Waals surface area contributed by atoms with Gasteiger partial charge in [-0.2, -0.15) is 0 Å². The highest BCUT2D eigenvalue weighted by Crippen LogP contribution is 2.28. The van der Waals surface area contributed by atoms with Crippen molar-refractivity contribution in [2.75, 3.05) is 5.32 Å². The van der Waals surface area contributed by atoms with Crippen LogP contribution in [-0.4, -0.2) is 18.0 Å². The maximum Gasteiger partial charge on any atom is 0.251 e. The second kappa shape index (κ2) is 5.75. The molecule has 0 saturated heterocycles. The second-order valence-corrected chi connectivity index (χ2v) is 5.34. The third-order valence-electron chi connectivity index (χ3n) is 3.45. The average molecular weight is 286 g/mol. The molecule has 1 aromatic carbocycles. The van der Waals surface area contributed by atoms with Crippen molar-refractivity contribution in [3.63, 3.8) is 0 Å². The molecular formula is C13H17ClFN3O. The summed E-state index contributed by atoms with van der Waals surface area (Å²) in [5, 5.41) is 3.49. The molecule has 0 heterocycles. The van der Waals surface area contributed by atoms with Crippen LogP contribution in [0.1, 0.15) is 36.0 Å². The number of primary amides is 1. The maximum absolute atomic E-state index is 13.7. The van der Waals surface area contributed by atoms with Crippen LogP contribution < -0.4 is 16.8 Å². The van der Waals surface area contributed by atoms with Gasteiger partial charge in [0.1, 0.15) is 5.82 Å². The van der Waals surface area contributed by atoms with E-state index in [9.17, 15) is 9.18 Å². The second-order valence-electron chi connectivity index (χ2n) is 4.93. The molecule has 1 saturated carbocycles. The number of nitrogens with two attached hydrogens (primary N) is 2. The lowest BCUT2D eigenvalue weighted by atomic mass is 9.91. The summed E-state index contributed by atoms with van der Waals surface area (Å²) in [7, 11) is 0. The normalized spacial score (nSPS) is 23.1. The van der Waals surface area contributed by atoms with Crippen LogP contribution in [0.15, 0.2) is 12.1 Å². The molecular weight excluding hydrogens is 269 g/mol. The number of halogens is 2. The van der Waals surface area contributed by atoms with Crippen LogP contribution in [0.3, 0.4) is 0 Å². The molecule has 2 rings (SSSR count). The first-order chi connectivity index (χ1) is 8.97. The zero-order valence-corrected chi connectivity index (χ0v) is 11.2. The summed E-state index contributed by atoms with van der Waals surface area (Å²) < 4.78 is 13.7. The summed E-state index contributed by atoms with van der Waals surface area (Å²) in [6, 6.07) is 2.96. The SMILES string of the molecule is NC(=O)c1cc(Cl)c(N[C@H]2CC[C@@H](N)CC2)cc1F. The molecule has 4 nitrogen and oxygen atoms in total. The highest BCUT2D eigenvalue weighted by molar-refractivity contribution is 6.33. The van der Waals surface area contributed by atoms with Crippen molar-refractivity contribution in [1.29, 1.82) is 0 Å². The smallest absolute Gasteiger partial charge is 0.251 e. The standard InChI is InChI=1S/C13H17ClFN3O/c14-10-5-9(13(17)19)11(15)6-12(10)18-8-3-1-7(16)2-4-8/h5-8,18H,1-4,16H2,(H2,17,19)/t7-,8+. The zero-order chi connectivity index (χ0) is 14.0. The van der Waals surface area contributed by atoms with Gasteiger partial charge in [0.15, 0.2) is 0 Å². The molecule has 6 heteroatoms. The van der Waals surface area contributed by atoms with Gasteiger partial charge in [-0.25, -0.2) is 4.39 Å². The molecule has 0 atom stereocenters. The van der Waals surface area contributed by atoms with Gasteiger partial charge in [-0.15, -0.1) is 0 Å². The van der Waals surface area contributed by atoms with Crippen LogP contribution in [0.2, 0.25) is 5.02 Å². The predicted octanol–water partition coefficient (Wildman–Crippen LogP) is 2.26. The van der Waals surface area contributed by atoms with E-state index in [2.05, 4.69) is 5.32 Å². The first kappa shape index (κ1) is 14.1. The molecule has 1 amide bonds.